The van der Waals surface area contributed by atoms with Crippen LogP contribution in [0.2, 0.25) is 5.02 Å². The summed E-state index contributed by atoms with van der Waals surface area (Å²) in [6.45, 7) is 5.23. The van der Waals surface area contributed by atoms with Crippen LogP contribution in [0.1, 0.15) is 30.9 Å². The first-order chi connectivity index (χ1) is 8.65. The molecule has 0 saturated heterocycles. The van der Waals surface area contributed by atoms with Crippen molar-refractivity contribution in [1.29, 1.82) is 0 Å². The summed E-state index contributed by atoms with van der Waals surface area (Å²) in [6.07, 6.45) is 0. The van der Waals surface area contributed by atoms with E-state index in [0.29, 0.717) is 5.92 Å². The number of halogens is 1. The van der Waals surface area contributed by atoms with Crippen LogP contribution in [0.5, 0.6) is 0 Å². The van der Waals surface area contributed by atoms with Gasteiger partial charge in [-0.15, -0.1) is 0 Å². The fourth-order valence-corrected chi connectivity index (χ4v) is 1.92. The Morgan fingerprint density at radius 1 is 0.944 bits per heavy atom. The molecule has 0 aliphatic heterocycles. The van der Waals surface area contributed by atoms with Crippen LogP contribution in [-0.2, 0) is 6.54 Å². The average molecular weight is 260 g/mol. The second-order valence-electron chi connectivity index (χ2n) is 4.76. The standard InChI is InChI=1S/C16H18ClN/c1-12(2)14-5-9-16(10-6-14)18-11-13-3-7-15(17)8-4-13/h3-10,12,18H,11H2,1-2H3. The van der Waals surface area contributed by atoms with E-state index in [1.807, 2.05) is 24.3 Å². The lowest BCUT2D eigenvalue weighted by Gasteiger charge is -2.09. The van der Waals surface area contributed by atoms with Gasteiger partial charge in [-0.3, -0.25) is 0 Å². The van der Waals surface area contributed by atoms with E-state index in [4.69, 9.17) is 11.6 Å². The van der Waals surface area contributed by atoms with E-state index in [1.165, 1.54) is 11.1 Å². The summed E-state index contributed by atoms with van der Waals surface area (Å²) in [6, 6.07) is 16.5. The van der Waals surface area contributed by atoms with Crippen molar-refractivity contribution in [2.45, 2.75) is 26.3 Å². The number of nitrogens with one attached hydrogen (secondary N) is 1. The molecule has 0 spiro atoms. The van der Waals surface area contributed by atoms with Gasteiger partial charge in [0, 0.05) is 17.3 Å². The molecule has 0 bridgehead atoms. The van der Waals surface area contributed by atoms with Crippen molar-refractivity contribution in [1.82, 2.24) is 0 Å². The highest BCUT2D eigenvalue weighted by Crippen LogP contribution is 2.18. The third-order valence-electron chi connectivity index (χ3n) is 2.99. The summed E-state index contributed by atoms with van der Waals surface area (Å²) in [4.78, 5) is 0. The molecule has 0 amide bonds. The van der Waals surface area contributed by atoms with Gasteiger partial charge >= 0.3 is 0 Å². The smallest absolute Gasteiger partial charge is 0.0406 e. The fourth-order valence-electron chi connectivity index (χ4n) is 1.79. The van der Waals surface area contributed by atoms with E-state index in [2.05, 4.69) is 43.4 Å². The van der Waals surface area contributed by atoms with Gasteiger partial charge in [0.2, 0.25) is 0 Å². The Morgan fingerprint density at radius 3 is 2.11 bits per heavy atom. The predicted octanol–water partition coefficient (Wildman–Crippen LogP) is 5.08. The average Bonchev–Trinajstić information content (AvgIpc) is 2.38. The van der Waals surface area contributed by atoms with E-state index in [9.17, 15) is 0 Å². The summed E-state index contributed by atoms with van der Waals surface area (Å²) in [5, 5.41) is 4.18. The van der Waals surface area contributed by atoms with Crippen molar-refractivity contribution < 1.29 is 0 Å². The van der Waals surface area contributed by atoms with Crippen molar-refractivity contribution in [2.24, 2.45) is 0 Å². The van der Waals surface area contributed by atoms with Crippen LogP contribution in [-0.4, -0.2) is 0 Å². The predicted molar refractivity (Wildman–Crippen MR) is 79.3 cm³/mol. The fraction of sp³-hybridized carbons (Fsp3) is 0.250. The van der Waals surface area contributed by atoms with Crippen LogP contribution in [0.15, 0.2) is 48.5 Å². The Labute approximate surface area is 114 Å². The monoisotopic (exact) mass is 259 g/mol. The van der Waals surface area contributed by atoms with Gasteiger partial charge in [-0.1, -0.05) is 49.7 Å². The van der Waals surface area contributed by atoms with Crippen LogP contribution >= 0.6 is 11.6 Å². The number of hydrogen-bond donors (Lipinski definition) is 1. The Kier molecular flexibility index (Phi) is 4.27. The Balaban J connectivity index is 1.95. The zero-order valence-electron chi connectivity index (χ0n) is 10.8. The van der Waals surface area contributed by atoms with E-state index in [0.717, 1.165) is 17.3 Å². The van der Waals surface area contributed by atoms with Crippen LogP contribution in [0.25, 0.3) is 0 Å². The van der Waals surface area contributed by atoms with Gasteiger partial charge in [0.25, 0.3) is 0 Å². The molecule has 2 aromatic carbocycles. The number of hydrogen-bond acceptors (Lipinski definition) is 1. The maximum atomic E-state index is 5.86. The van der Waals surface area contributed by atoms with Gasteiger partial charge < -0.3 is 5.32 Å². The zero-order chi connectivity index (χ0) is 13.0. The van der Waals surface area contributed by atoms with Gasteiger partial charge in [0.05, 0.1) is 0 Å². The zero-order valence-corrected chi connectivity index (χ0v) is 11.5. The lowest BCUT2D eigenvalue weighted by molar-refractivity contribution is 0.867. The molecule has 0 heterocycles. The van der Waals surface area contributed by atoms with E-state index in [-0.39, 0.29) is 0 Å². The van der Waals surface area contributed by atoms with Crippen molar-refractivity contribution in [3.8, 4) is 0 Å². The summed E-state index contributed by atoms with van der Waals surface area (Å²) < 4.78 is 0. The largest absolute Gasteiger partial charge is 0.381 e. The summed E-state index contributed by atoms with van der Waals surface area (Å²) in [5.41, 5.74) is 3.74. The lowest BCUT2D eigenvalue weighted by Crippen LogP contribution is -1.99. The van der Waals surface area contributed by atoms with Gasteiger partial charge in [0.15, 0.2) is 0 Å². The minimum Gasteiger partial charge on any atom is -0.381 e. The molecule has 2 heteroatoms. The van der Waals surface area contributed by atoms with Gasteiger partial charge in [-0.05, 0) is 41.3 Å². The molecule has 0 aliphatic rings. The molecular formula is C16H18ClN. The number of anilines is 1. The molecular weight excluding hydrogens is 242 g/mol. The van der Waals surface area contributed by atoms with Crippen molar-refractivity contribution in [3.63, 3.8) is 0 Å². The third kappa shape index (κ3) is 3.51. The summed E-state index contributed by atoms with van der Waals surface area (Å²) >= 11 is 5.86. The van der Waals surface area contributed by atoms with Gasteiger partial charge in [0.1, 0.15) is 0 Å². The highest BCUT2D eigenvalue weighted by atomic mass is 35.5. The van der Waals surface area contributed by atoms with E-state index in [1.54, 1.807) is 0 Å². The number of rotatable bonds is 4. The minimum atomic E-state index is 0.579. The molecule has 0 radical (unpaired) electrons. The normalized spacial score (nSPS) is 10.7. The molecule has 1 nitrogen and oxygen atoms in total. The maximum absolute atomic E-state index is 5.86. The lowest BCUT2D eigenvalue weighted by atomic mass is 10.0. The van der Waals surface area contributed by atoms with Crippen LogP contribution in [0.4, 0.5) is 5.69 Å². The van der Waals surface area contributed by atoms with Crippen molar-refractivity contribution >= 4 is 17.3 Å². The van der Waals surface area contributed by atoms with Crippen LogP contribution < -0.4 is 5.32 Å². The molecule has 18 heavy (non-hydrogen) atoms. The summed E-state index contributed by atoms with van der Waals surface area (Å²) in [7, 11) is 0. The molecule has 0 aromatic heterocycles. The quantitative estimate of drug-likeness (QED) is 0.808. The molecule has 1 N–H and O–H groups in total. The Morgan fingerprint density at radius 2 is 1.56 bits per heavy atom. The molecule has 0 saturated carbocycles. The van der Waals surface area contributed by atoms with Gasteiger partial charge in [-0.2, -0.15) is 0 Å². The molecule has 0 atom stereocenters. The molecule has 94 valence electrons. The molecule has 0 aliphatic carbocycles. The molecule has 2 rings (SSSR count). The second-order valence-corrected chi connectivity index (χ2v) is 5.19. The maximum Gasteiger partial charge on any atom is 0.0406 e. The highest BCUT2D eigenvalue weighted by Gasteiger charge is 1.99. The number of benzene rings is 2. The first kappa shape index (κ1) is 13.0. The molecule has 2 aromatic rings. The summed E-state index contributed by atoms with van der Waals surface area (Å²) in [5.74, 6) is 0.579. The minimum absolute atomic E-state index is 0.579. The highest BCUT2D eigenvalue weighted by molar-refractivity contribution is 6.30. The Bertz CT molecular complexity index is 486. The van der Waals surface area contributed by atoms with Crippen LogP contribution in [0, 0.1) is 0 Å². The van der Waals surface area contributed by atoms with Crippen molar-refractivity contribution in [2.75, 3.05) is 5.32 Å². The van der Waals surface area contributed by atoms with Gasteiger partial charge in [-0.25, -0.2) is 0 Å². The van der Waals surface area contributed by atoms with Crippen molar-refractivity contribution in [3.05, 3.63) is 64.7 Å². The topological polar surface area (TPSA) is 12.0 Å². The SMILES string of the molecule is CC(C)c1ccc(NCc2ccc(Cl)cc2)cc1. The van der Waals surface area contributed by atoms with E-state index >= 15 is 0 Å². The first-order valence-electron chi connectivity index (χ1n) is 6.23. The molecule has 0 fully saturated rings. The first-order valence-corrected chi connectivity index (χ1v) is 6.61. The Hall–Kier alpha value is -1.47. The third-order valence-corrected chi connectivity index (χ3v) is 3.24. The van der Waals surface area contributed by atoms with Crippen LogP contribution in [0.3, 0.4) is 0 Å². The second kappa shape index (κ2) is 5.92. The van der Waals surface area contributed by atoms with E-state index < -0.39 is 0 Å². The molecule has 0 unspecified atom stereocenters.